The second-order valence-electron chi connectivity index (χ2n) is 8.30. The number of nitrogens with two attached hydrogens (primary N) is 1. The van der Waals surface area contributed by atoms with Gasteiger partial charge in [0.1, 0.15) is 17.8 Å². The fraction of sp³-hybridized carbons (Fsp3) is 0.250. The zero-order valence-corrected chi connectivity index (χ0v) is 19.7. The number of aromatic nitrogens is 3. The summed E-state index contributed by atoms with van der Waals surface area (Å²) in [5.74, 6) is 0.413. The van der Waals surface area contributed by atoms with Gasteiger partial charge < -0.3 is 10.3 Å². The highest BCUT2D eigenvalue weighted by molar-refractivity contribution is 7.92. The Balaban J connectivity index is 1.58. The van der Waals surface area contributed by atoms with E-state index in [0.29, 0.717) is 22.6 Å². The lowest BCUT2D eigenvalue weighted by Crippen LogP contribution is -2.26. The summed E-state index contributed by atoms with van der Waals surface area (Å²) in [4.78, 5) is 8.92. The molecule has 0 amide bonds. The van der Waals surface area contributed by atoms with Crippen LogP contribution in [-0.2, 0) is 10.0 Å². The number of sulfonamides is 1. The molecular weight excluding hydrogens is 458 g/mol. The zero-order chi connectivity index (χ0) is 23.2. The molecule has 5 rings (SSSR count). The molecule has 2 heterocycles. The van der Waals surface area contributed by atoms with Crippen LogP contribution in [-0.4, -0.2) is 30.0 Å². The Morgan fingerprint density at radius 3 is 2.52 bits per heavy atom. The number of nitrogens with zero attached hydrogens (tertiary/aromatic N) is 4. The Morgan fingerprint density at radius 1 is 1.09 bits per heavy atom. The van der Waals surface area contributed by atoms with Gasteiger partial charge >= 0.3 is 0 Å². The molecule has 0 unspecified atom stereocenters. The molecule has 33 heavy (non-hydrogen) atoms. The summed E-state index contributed by atoms with van der Waals surface area (Å²) >= 11 is 6.62. The van der Waals surface area contributed by atoms with E-state index in [1.807, 2.05) is 6.07 Å². The maximum atomic E-state index is 13.0. The lowest BCUT2D eigenvalue weighted by molar-refractivity contribution is 0.532. The minimum atomic E-state index is -3.74. The van der Waals surface area contributed by atoms with Crippen LogP contribution in [0.4, 0.5) is 11.5 Å². The summed E-state index contributed by atoms with van der Waals surface area (Å²) in [5.41, 5.74) is 9.19. The summed E-state index contributed by atoms with van der Waals surface area (Å²) in [6.07, 6.45) is 8.17. The standard InChI is InChI=1S/C24H24ClN5O2S/c1-29(33(31,32)18-9-3-2-4-10-18)21-12-11-16(13-20(21)25)19-14-30(17-7-5-6-8-17)24-22(19)23(26)27-15-28-24/h2-4,9-15,17H,5-8H2,1H3,(H2,26,27,28). The summed E-state index contributed by atoms with van der Waals surface area (Å²) in [7, 11) is -2.23. The topological polar surface area (TPSA) is 94.1 Å². The molecule has 2 aromatic heterocycles. The highest BCUT2D eigenvalue weighted by Crippen LogP contribution is 2.40. The van der Waals surface area contributed by atoms with Crippen molar-refractivity contribution >= 4 is 44.2 Å². The van der Waals surface area contributed by atoms with Gasteiger partial charge in [-0.1, -0.05) is 48.7 Å². The molecule has 0 aliphatic heterocycles. The third-order valence-electron chi connectivity index (χ3n) is 6.36. The second-order valence-corrected chi connectivity index (χ2v) is 10.7. The first-order valence-electron chi connectivity index (χ1n) is 10.8. The Hall–Kier alpha value is -3.10. The van der Waals surface area contributed by atoms with Crippen molar-refractivity contribution in [3.05, 3.63) is 66.1 Å². The van der Waals surface area contributed by atoms with Crippen LogP contribution in [0, 0.1) is 0 Å². The van der Waals surface area contributed by atoms with Gasteiger partial charge in [-0.15, -0.1) is 0 Å². The minimum absolute atomic E-state index is 0.206. The van der Waals surface area contributed by atoms with Crippen molar-refractivity contribution in [3.8, 4) is 11.1 Å². The predicted octanol–water partition coefficient (Wildman–Crippen LogP) is 5.27. The lowest BCUT2D eigenvalue weighted by Gasteiger charge is -2.21. The highest BCUT2D eigenvalue weighted by Gasteiger charge is 2.25. The lowest BCUT2D eigenvalue weighted by atomic mass is 10.1. The normalized spacial score (nSPS) is 14.7. The monoisotopic (exact) mass is 481 g/mol. The number of benzene rings is 2. The van der Waals surface area contributed by atoms with Gasteiger partial charge in [0.05, 0.1) is 21.0 Å². The van der Waals surface area contributed by atoms with Gasteiger partial charge in [0, 0.05) is 24.8 Å². The van der Waals surface area contributed by atoms with Gasteiger partial charge in [0.2, 0.25) is 0 Å². The molecule has 2 aromatic carbocycles. The average molecular weight is 482 g/mol. The summed E-state index contributed by atoms with van der Waals surface area (Å²) < 4.78 is 29.5. The maximum absolute atomic E-state index is 13.0. The van der Waals surface area contributed by atoms with Gasteiger partial charge in [-0.05, 0) is 42.7 Å². The number of anilines is 2. The highest BCUT2D eigenvalue weighted by atomic mass is 35.5. The molecule has 2 N–H and O–H groups in total. The molecule has 4 aromatic rings. The van der Waals surface area contributed by atoms with Crippen LogP contribution >= 0.6 is 11.6 Å². The van der Waals surface area contributed by atoms with Crippen LogP contribution < -0.4 is 10.0 Å². The Kier molecular flexibility index (Phi) is 5.50. The first-order chi connectivity index (χ1) is 15.9. The minimum Gasteiger partial charge on any atom is -0.383 e. The molecule has 0 atom stereocenters. The van der Waals surface area contributed by atoms with Crippen molar-refractivity contribution in [2.75, 3.05) is 17.1 Å². The smallest absolute Gasteiger partial charge is 0.264 e. The molecule has 1 aliphatic rings. The van der Waals surface area contributed by atoms with Crippen molar-refractivity contribution in [1.29, 1.82) is 0 Å². The molecule has 0 bridgehead atoms. The third-order valence-corrected chi connectivity index (χ3v) is 8.44. The van der Waals surface area contributed by atoms with E-state index in [1.54, 1.807) is 42.5 Å². The number of rotatable bonds is 5. The van der Waals surface area contributed by atoms with Crippen molar-refractivity contribution in [2.45, 2.75) is 36.6 Å². The predicted molar refractivity (Wildman–Crippen MR) is 132 cm³/mol. The molecule has 7 nitrogen and oxygen atoms in total. The Bertz CT molecular complexity index is 1430. The SMILES string of the molecule is CN(c1ccc(-c2cn(C3CCCC3)c3ncnc(N)c23)cc1Cl)S(=O)(=O)c1ccccc1. The quantitative estimate of drug-likeness (QED) is 0.418. The van der Waals surface area contributed by atoms with Crippen LogP contribution in [0.3, 0.4) is 0 Å². The van der Waals surface area contributed by atoms with Crippen LogP contribution in [0.5, 0.6) is 0 Å². The van der Waals surface area contributed by atoms with Gasteiger partial charge in [-0.3, -0.25) is 4.31 Å². The average Bonchev–Trinajstić information content (AvgIpc) is 3.48. The Labute approximate surface area is 197 Å². The van der Waals surface area contributed by atoms with E-state index < -0.39 is 10.0 Å². The third kappa shape index (κ3) is 3.73. The van der Waals surface area contributed by atoms with E-state index in [2.05, 4.69) is 20.7 Å². The van der Waals surface area contributed by atoms with E-state index in [4.69, 9.17) is 17.3 Å². The molecule has 1 saturated carbocycles. The Morgan fingerprint density at radius 2 is 1.82 bits per heavy atom. The zero-order valence-electron chi connectivity index (χ0n) is 18.1. The van der Waals surface area contributed by atoms with Crippen molar-refractivity contribution < 1.29 is 8.42 Å². The second kappa shape index (κ2) is 8.35. The number of nitrogen functional groups attached to an aromatic ring is 1. The number of hydrogen-bond acceptors (Lipinski definition) is 5. The van der Waals surface area contributed by atoms with Crippen molar-refractivity contribution in [2.24, 2.45) is 0 Å². The molecule has 1 fully saturated rings. The largest absolute Gasteiger partial charge is 0.383 e. The van der Waals surface area contributed by atoms with E-state index >= 15 is 0 Å². The van der Waals surface area contributed by atoms with E-state index in [-0.39, 0.29) is 4.90 Å². The maximum Gasteiger partial charge on any atom is 0.264 e. The van der Waals surface area contributed by atoms with E-state index in [0.717, 1.165) is 35.0 Å². The van der Waals surface area contributed by atoms with Gasteiger partial charge in [-0.25, -0.2) is 18.4 Å². The molecule has 9 heteroatoms. The molecular formula is C24H24ClN5O2S. The van der Waals surface area contributed by atoms with Crippen LogP contribution in [0.15, 0.2) is 66.0 Å². The summed E-state index contributed by atoms with van der Waals surface area (Å²) in [6, 6.07) is 14.0. The molecule has 0 radical (unpaired) electrons. The molecule has 0 saturated heterocycles. The van der Waals surface area contributed by atoms with Crippen molar-refractivity contribution in [3.63, 3.8) is 0 Å². The van der Waals surface area contributed by atoms with Gasteiger partial charge in [0.15, 0.2) is 0 Å². The fourth-order valence-electron chi connectivity index (χ4n) is 4.60. The first kappa shape index (κ1) is 21.7. The summed E-state index contributed by atoms with van der Waals surface area (Å²) in [6.45, 7) is 0. The number of halogens is 1. The van der Waals surface area contributed by atoms with E-state index in [9.17, 15) is 8.42 Å². The number of fused-ring (bicyclic) bond motifs is 1. The fourth-order valence-corrected chi connectivity index (χ4v) is 6.19. The molecule has 0 spiro atoms. The van der Waals surface area contributed by atoms with Crippen LogP contribution in [0.2, 0.25) is 5.02 Å². The molecule has 1 aliphatic carbocycles. The van der Waals surface area contributed by atoms with Crippen LogP contribution in [0.1, 0.15) is 31.7 Å². The van der Waals surface area contributed by atoms with E-state index in [1.165, 1.54) is 30.5 Å². The summed E-state index contributed by atoms with van der Waals surface area (Å²) in [5, 5.41) is 1.12. The molecule has 170 valence electrons. The van der Waals surface area contributed by atoms with Crippen LogP contribution in [0.25, 0.3) is 22.2 Å². The van der Waals surface area contributed by atoms with Crippen molar-refractivity contribution in [1.82, 2.24) is 14.5 Å². The van der Waals surface area contributed by atoms with Gasteiger partial charge in [-0.2, -0.15) is 0 Å². The first-order valence-corrected chi connectivity index (χ1v) is 12.6. The number of hydrogen-bond donors (Lipinski definition) is 1. The van der Waals surface area contributed by atoms with Gasteiger partial charge in [0.25, 0.3) is 10.0 Å².